The van der Waals surface area contributed by atoms with Crippen molar-refractivity contribution >= 4 is 11.9 Å². The summed E-state index contributed by atoms with van der Waals surface area (Å²) < 4.78 is 12.5. The standard InChI is InChI=1S/C28H32N4O6/c1-5-38-27(35)21-9-11-30(12-10-21)25(33)24-26(34)31(17-20-7-6-8-23(16-20)37-4)28(36)32(29-24)22-14-18(2)13-19(3)15-22/h6-8,13-16,21H,5,9-12,17H2,1-4H3. The first-order chi connectivity index (χ1) is 18.2. The third-order valence-corrected chi connectivity index (χ3v) is 6.59. The number of methoxy groups -OCH3 is 1. The molecule has 10 heteroatoms. The van der Waals surface area contributed by atoms with Gasteiger partial charge in [0.15, 0.2) is 0 Å². The van der Waals surface area contributed by atoms with E-state index in [1.807, 2.05) is 19.9 Å². The van der Waals surface area contributed by atoms with Crippen molar-refractivity contribution in [2.45, 2.75) is 40.2 Å². The predicted molar refractivity (Wildman–Crippen MR) is 141 cm³/mol. The van der Waals surface area contributed by atoms with Gasteiger partial charge in [-0.2, -0.15) is 9.78 Å². The number of carbonyl (C=O) groups excluding carboxylic acids is 2. The van der Waals surface area contributed by atoms with Crippen LogP contribution < -0.4 is 16.0 Å². The monoisotopic (exact) mass is 520 g/mol. The Morgan fingerprint density at radius 3 is 2.34 bits per heavy atom. The molecule has 1 saturated heterocycles. The van der Waals surface area contributed by atoms with Crippen molar-refractivity contribution in [3.8, 4) is 11.4 Å². The molecule has 1 aliphatic heterocycles. The van der Waals surface area contributed by atoms with Crippen molar-refractivity contribution in [2.24, 2.45) is 5.92 Å². The number of aromatic nitrogens is 3. The largest absolute Gasteiger partial charge is 0.497 e. The lowest BCUT2D eigenvalue weighted by Crippen LogP contribution is -2.48. The van der Waals surface area contributed by atoms with E-state index >= 15 is 0 Å². The van der Waals surface area contributed by atoms with Gasteiger partial charge in [0.05, 0.1) is 31.9 Å². The van der Waals surface area contributed by atoms with Crippen molar-refractivity contribution in [1.82, 2.24) is 19.2 Å². The molecule has 4 rings (SSSR count). The highest BCUT2D eigenvalue weighted by molar-refractivity contribution is 5.92. The Labute approximate surface area is 220 Å². The number of benzene rings is 2. The fourth-order valence-electron chi connectivity index (χ4n) is 4.71. The van der Waals surface area contributed by atoms with E-state index in [0.717, 1.165) is 20.4 Å². The van der Waals surface area contributed by atoms with Gasteiger partial charge in [0, 0.05) is 13.1 Å². The third-order valence-electron chi connectivity index (χ3n) is 6.59. The number of likely N-dealkylation sites (tertiary alicyclic amines) is 1. The fraction of sp³-hybridized carbons (Fsp3) is 0.393. The van der Waals surface area contributed by atoms with E-state index in [9.17, 15) is 19.2 Å². The smallest absolute Gasteiger partial charge is 0.352 e. The molecule has 1 fully saturated rings. The maximum atomic E-state index is 13.6. The molecule has 0 bridgehead atoms. The molecule has 200 valence electrons. The van der Waals surface area contributed by atoms with Gasteiger partial charge >= 0.3 is 11.7 Å². The Kier molecular flexibility index (Phi) is 8.09. The van der Waals surface area contributed by atoms with E-state index in [1.54, 1.807) is 43.3 Å². The van der Waals surface area contributed by atoms with Gasteiger partial charge in [-0.25, -0.2) is 4.79 Å². The Morgan fingerprint density at radius 2 is 1.71 bits per heavy atom. The van der Waals surface area contributed by atoms with Crippen LogP contribution in [0.25, 0.3) is 5.69 Å². The zero-order valence-electron chi connectivity index (χ0n) is 22.1. The molecule has 3 aromatic rings. The second-order valence-corrected chi connectivity index (χ2v) is 9.45. The summed E-state index contributed by atoms with van der Waals surface area (Å²) in [6, 6.07) is 12.6. The quantitative estimate of drug-likeness (QED) is 0.440. The number of nitrogens with zero attached hydrogens (tertiary/aromatic N) is 4. The maximum absolute atomic E-state index is 13.6. The van der Waals surface area contributed by atoms with Gasteiger partial charge in [-0.05, 0) is 74.6 Å². The Morgan fingerprint density at radius 1 is 1.03 bits per heavy atom. The first-order valence-corrected chi connectivity index (χ1v) is 12.6. The molecule has 38 heavy (non-hydrogen) atoms. The Hall–Kier alpha value is -4.21. The van der Waals surface area contributed by atoms with Gasteiger partial charge in [-0.15, -0.1) is 0 Å². The number of hydrogen-bond acceptors (Lipinski definition) is 7. The molecule has 2 heterocycles. The fourth-order valence-corrected chi connectivity index (χ4v) is 4.71. The van der Waals surface area contributed by atoms with E-state index in [0.29, 0.717) is 36.4 Å². The first-order valence-electron chi connectivity index (χ1n) is 12.6. The van der Waals surface area contributed by atoms with Crippen molar-refractivity contribution in [3.63, 3.8) is 0 Å². The zero-order chi connectivity index (χ0) is 27.4. The van der Waals surface area contributed by atoms with E-state index in [-0.39, 0.29) is 37.2 Å². The van der Waals surface area contributed by atoms with Crippen LogP contribution in [0.5, 0.6) is 5.75 Å². The molecule has 0 aliphatic carbocycles. The highest BCUT2D eigenvalue weighted by Crippen LogP contribution is 2.20. The molecule has 1 aromatic heterocycles. The molecule has 1 aliphatic rings. The summed E-state index contributed by atoms with van der Waals surface area (Å²) in [6.07, 6.45) is 0.860. The van der Waals surface area contributed by atoms with Gasteiger partial charge in [-0.1, -0.05) is 18.2 Å². The van der Waals surface area contributed by atoms with E-state index in [4.69, 9.17) is 9.47 Å². The van der Waals surface area contributed by atoms with E-state index in [2.05, 4.69) is 5.10 Å². The minimum Gasteiger partial charge on any atom is -0.497 e. The van der Waals surface area contributed by atoms with Crippen LogP contribution in [0, 0.1) is 19.8 Å². The number of hydrogen-bond donors (Lipinski definition) is 0. The van der Waals surface area contributed by atoms with Crippen LogP contribution >= 0.6 is 0 Å². The lowest BCUT2D eigenvalue weighted by molar-refractivity contribution is -0.149. The molecule has 0 spiro atoms. The SMILES string of the molecule is CCOC(=O)C1CCN(C(=O)c2nn(-c3cc(C)cc(C)c3)c(=O)n(Cc3cccc(OC)c3)c2=O)CC1. The summed E-state index contributed by atoms with van der Waals surface area (Å²) in [7, 11) is 1.53. The minimum absolute atomic E-state index is 0.0621. The molecule has 0 unspecified atom stereocenters. The van der Waals surface area contributed by atoms with Crippen LogP contribution in [0.3, 0.4) is 0 Å². The summed E-state index contributed by atoms with van der Waals surface area (Å²) in [4.78, 5) is 54.3. The van der Waals surface area contributed by atoms with E-state index < -0.39 is 17.2 Å². The number of piperidine rings is 1. The Bertz CT molecular complexity index is 1450. The van der Waals surface area contributed by atoms with Crippen LogP contribution in [0.1, 0.15) is 46.9 Å². The average Bonchev–Trinajstić information content (AvgIpc) is 2.90. The lowest BCUT2D eigenvalue weighted by atomic mass is 9.97. The van der Waals surface area contributed by atoms with Crippen molar-refractivity contribution in [2.75, 3.05) is 26.8 Å². The van der Waals surface area contributed by atoms with Crippen molar-refractivity contribution in [3.05, 3.63) is 85.7 Å². The molecule has 10 nitrogen and oxygen atoms in total. The van der Waals surface area contributed by atoms with E-state index in [1.165, 1.54) is 12.0 Å². The number of rotatable bonds is 7. The summed E-state index contributed by atoms with van der Waals surface area (Å²) in [6.45, 7) is 6.34. The van der Waals surface area contributed by atoms with Crippen LogP contribution in [0.2, 0.25) is 0 Å². The predicted octanol–water partition coefficient (Wildman–Crippen LogP) is 2.48. The number of aryl methyl sites for hydroxylation is 2. The van der Waals surface area contributed by atoms with Gasteiger partial charge in [-0.3, -0.25) is 19.0 Å². The molecule has 0 N–H and O–H groups in total. The average molecular weight is 521 g/mol. The van der Waals surface area contributed by atoms with Crippen molar-refractivity contribution < 1.29 is 19.1 Å². The van der Waals surface area contributed by atoms with Gasteiger partial charge < -0.3 is 14.4 Å². The second kappa shape index (κ2) is 11.5. The topological polar surface area (TPSA) is 113 Å². The molecule has 2 aromatic carbocycles. The molecular formula is C28H32N4O6. The Balaban J connectivity index is 1.76. The summed E-state index contributed by atoms with van der Waals surface area (Å²) in [5, 5.41) is 4.28. The van der Waals surface area contributed by atoms with Gasteiger partial charge in [0.25, 0.3) is 11.5 Å². The second-order valence-electron chi connectivity index (χ2n) is 9.45. The minimum atomic E-state index is -0.768. The van der Waals surface area contributed by atoms with Crippen LogP contribution in [-0.4, -0.2) is 57.9 Å². The summed E-state index contributed by atoms with van der Waals surface area (Å²) in [5.74, 6) is -0.558. The van der Waals surface area contributed by atoms with Gasteiger partial charge in [0.1, 0.15) is 5.75 Å². The van der Waals surface area contributed by atoms with Crippen LogP contribution in [-0.2, 0) is 16.1 Å². The lowest BCUT2D eigenvalue weighted by Gasteiger charge is -2.30. The molecule has 1 amide bonds. The highest BCUT2D eigenvalue weighted by Gasteiger charge is 2.31. The zero-order valence-corrected chi connectivity index (χ0v) is 22.1. The van der Waals surface area contributed by atoms with Crippen LogP contribution in [0.4, 0.5) is 0 Å². The molecule has 0 saturated carbocycles. The van der Waals surface area contributed by atoms with Gasteiger partial charge in [0.2, 0.25) is 5.69 Å². The first kappa shape index (κ1) is 26.8. The van der Waals surface area contributed by atoms with Crippen LogP contribution in [0.15, 0.2) is 52.1 Å². The summed E-state index contributed by atoms with van der Waals surface area (Å²) in [5.41, 5.74) is 1.18. The highest BCUT2D eigenvalue weighted by atomic mass is 16.5. The molecule has 0 radical (unpaired) electrons. The molecule has 0 atom stereocenters. The number of carbonyl (C=O) groups is 2. The maximum Gasteiger partial charge on any atom is 0.352 e. The third kappa shape index (κ3) is 5.69. The number of amides is 1. The van der Waals surface area contributed by atoms with Crippen molar-refractivity contribution in [1.29, 1.82) is 0 Å². The molecular weight excluding hydrogens is 488 g/mol. The summed E-state index contributed by atoms with van der Waals surface area (Å²) >= 11 is 0. The number of ether oxygens (including phenoxy) is 2. The number of esters is 1. The normalized spacial score (nSPS) is 13.8.